The van der Waals surface area contributed by atoms with E-state index in [-0.39, 0.29) is 5.03 Å². The molecule has 5 nitrogen and oxygen atoms in total. The van der Waals surface area contributed by atoms with Crippen molar-refractivity contribution in [1.82, 2.24) is 9.29 Å². The van der Waals surface area contributed by atoms with Gasteiger partial charge in [-0.3, -0.25) is 0 Å². The molecule has 1 aromatic rings. The van der Waals surface area contributed by atoms with E-state index in [1.54, 1.807) is 12.1 Å². The van der Waals surface area contributed by atoms with E-state index in [9.17, 15) is 8.42 Å². The maximum atomic E-state index is 12.8. The molecule has 0 spiro atoms. The molecule has 1 aromatic heterocycles. The fourth-order valence-electron chi connectivity index (χ4n) is 1.99. The zero-order chi connectivity index (χ0) is 15.9. The molecule has 120 valence electrons. The van der Waals surface area contributed by atoms with E-state index in [1.165, 1.54) is 10.5 Å². The molecular weight excluding hydrogens is 286 g/mol. The molecule has 0 fully saturated rings. The largest absolute Gasteiger partial charge is 0.383 e. The second-order valence-corrected chi connectivity index (χ2v) is 7.11. The quantitative estimate of drug-likeness (QED) is 0.761. The molecule has 0 aromatic carbocycles. The minimum absolute atomic E-state index is 0.128. The minimum Gasteiger partial charge on any atom is -0.383 e. The first kappa shape index (κ1) is 17.9. The van der Waals surface area contributed by atoms with E-state index < -0.39 is 10.0 Å². The van der Waals surface area contributed by atoms with Gasteiger partial charge in [-0.2, -0.15) is 4.31 Å². The molecule has 1 unspecified atom stereocenters. The van der Waals surface area contributed by atoms with E-state index in [4.69, 9.17) is 0 Å². The lowest BCUT2D eigenvalue weighted by Gasteiger charge is -2.24. The normalized spacial score (nSPS) is 13.4. The molecule has 1 rings (SSSR count). The molecule has 0 saturated carbocycles. The summed E-state index contributed by atoms with van der Waals surface area (Å²) in [5.74, 6) is 0.329. The summed E-state index contributed by atoms with van der Waals surface area (Å²) < 4.78 is 27.2. The van der Waals surface area contributed by atoms with Crippen molar-refractivity contribution in [2.75, 3.05) is 25.0 Å². The fraction of sp³-hybridized carbons (Fsp3) is 0.667. The van der Waals surface area contributed by atoms with Gasteiger partial charge >= 0.3 is 0 Å². The Balaban J connectivity index is 3.10. The Morgan fingerprint density at radius 1 is 1.33 bits per heavy atom. The molecule has 0 aliphatic rings. The Morgan fingerprint density at radius 3 is 2.62 bits per heavy atom. The number of hydrogen-bond donors (Lipinski definition) is 1. The molecule has 0 bridgehead atoms. The van der Waals surface area contributed by atoms with E-state index in [0.29, 0.717) is 24.7 Å². The van der Waals surface area contributed by atoms with Gasteiger partial charge in [0.25, 0.3) is 10.0 Å². The summed E-state index contributed by atoms with van der Waals surface area (Å²) in [6, 6.07) is 3.52. The second kappa shape index (κ2) is 8.34. The van der Waals surface area contributed by atoms with Crippen LogP contribution in [0.2, 0.25) is 0 Å². The second-order valence-electron chi connectivity index (χ2n) is 5.25. The van der Waals surface area contributed by atoms with Crippen molar-refractivity contribution in [3.8, 4) is 0 Å². The van der Waals surface area contributed by atoms with Crippen molar-refractivity contribution in [2.24, 2.45) is 5.92 Å². The molecule has 0 amide bonds. The smallest absolute Gasteiger partial charge is 0.262 e. The summed E-state index contributed by atoms with van der Waals surface area (Å²) in [6.07, 6.45) is 3.41. The zero-order valence-electron chi connectivity index (χ0n) is 13.5. The average Bonchev–Trinajstić information content (AvgIpc) is 2.50. The Labute approximate surface area is 128 Å². The van der Waals surface area contributed by atoms with Crippen LogP contribution in [-0.4, -0.2) is 37.3 Å². The average molecular weight is 313 g/mol. The van der Waals surface area contributed by atoms with Gasteiger partial charge < -0.3 is 5.32 Å². The van der Waals surface area contributed by atoms with E-state index in [0.717, 1.165) is 19.4 Å². The summed E-state index contributed by atoms with van der Waals surface area (Å²) >= 11 is 0. The first-order valence-corrected chi connectivity index (χ1v) is 9.10. The molecule has 21 heavy (non-hydrogen) atoms. The predicted molar refractivity (Wildman–Crippen MR) is 86.9 cm³/mol. The third-order valence-corrected chi connectivity index (χ3v) is 5.39. The Morgan fingerprint density at radius 2 is 2.05 bits per heavy atom. The molecule has 0 radical (unpaired) electrons. The highest BCUT2D eigenvalue weighted by molar-refractivity contribution is 7.89. The van der Waals surface area contributed by atoms with Gasteiger partial charge in [-0.25, -0.2) is 13.4 Å². The number of pyridine rings is 1. The van der Waals surface area contributed by atoms with Crippen molar-refractivity contribution in [3.05, 3.63) is 18.3 Å². The third-order valence-electron chi connectivity index (χ3n) is 3.49. The van der Waals surface area contributed by atoms with Crippen molar-refractivity contribution in [1.29, 1.82) is 0 Å². The monoisotopic (exact) mass is 313 g/mol. The lowest BCUT2D eigenvalue weighted by Crippen LogP contribution is -2.35. The van der Waals surface area contributed by atoms with Crippen LogP contribution in [0, 0.1) is 5.92 Å². The number of aromatic nitrogens is 1. The molecular formula is C15H27N3O2S. The number of nitrogens with one attached hydrogen (secondary N) is 1. The fourth-order valence-corrected chi connectivity index (χ4v) is 3.63. The lowest BCUT2D eigenvalue weighted by atomic mass is 10.1. The van der Waals surface area contributed by atoms with Crippen LogP contribution in [-0.2, 0) is 10.0 Å². The summed E-state index contributed by atoms with van der Waals surface area (Å²) in [7, 11) is -3.56. The van der Waals surface area contributed by atoms with E-state index >= 15 is 0 Å². The van der Waals surface area contributed by atoms with Crippen LogP contribution < -0.4 is 5.32 Å². The molecule has 6 heteroatoms. The number of hydrogen-bond acceptors (Lipinski definition) is 4. The standard InChI is InChI=1S/C15H27N3O2S/c1-5-10-16-14-9-8-11-17-15(14)21(19,20)18(7-3)12-13(4)6-2/h8-9,11,13,16H,5-7,10,12H2,1-4H3. The SMILES string of the molecule is CCCNc1cccnc1S(=O)(=O)N(CC)CC(C)CC. The number of anilines is 1. The summed E-state index contributed by atoms with van der Waals surface area (Å²) in [5.41, 5.74) is 0.585. The van der Waals surface area contributed by atoms with Crippen LogP contribution in [0.3, 0.4) is 0 Å². The first-order valence-electron chi connectivity index (χ1n) is 7.66. The topological polar surface area (TPSA) is 62.3 Å². The van der Waals surface area contributed by atoms with Gasteiger partial charge in [0.15, 0.2) is 5.03 Å². The summed E-state index contributed by atoms with van der Waals surface area (Å²) in [5, 5.41) is 3.28. The lowest BCUT2D eigenvalue weighted by molar-refractivity contribution is 0.360. The molecule has 0 aliphatic heterocycles. The molecule has 1 heterocycles. The summed E-state index contributed by atoms with van der Waals surface area (Å²) in [4.78, 5) is 4.11. The third kappa shape index (κ3) is 4.68. The van der Waals surface area contributed by atoms with Gasteiger partial charge in [-0.05, 0) is 24.5 Å². The predicted octanol–water partition coefficient (Wildman–Crippen LogP) is 2.96. The van der Waals surface area contributed by atoms with Crippen molar-refractivity contribution in [2.45, 2.75) is 45.6 Å². The first-order chi connectivity index (χ1) is 9.97. The van der Waals surface area contributed by atoms with Crippen molar-refractivity contribution < 1.29 is 8.42 Å². The molecule has 0 aliphatic carbocycles. The Bertz CT molecular complexity index is 531. The highest BCUT2D eigenvalue weighted by Gasteiger charge is 2.28. The van der Waals surface area contributed by atoms with Gasteiger partial charge in [0, 0.05) is 25.8 Å². The van der Waals surface area contributed by atoms with Crippen LogP contribution >= 0.6 is 0 Å². The van der Waals surface area contributed by atoms with Gasteiger partial charge in [0.05, 0.1) is 5.69 Å². The van der Waals surface area contributed by atoms with Crippen LogP contribution in [0.5, 0.6) is 0 Å². The van der Waals surface area contributed by atoms with Crippen LogP contribution in [0.4, 0.5) is 5.69 Å². The maximum Gasteiger partial charge on any atom is 0.262 e. The Kier molecular flexibility index (Phi) is 7.11. The van der Waals surface area contributed by atoms with Crippen molar-refractivity contribution >= 4 is 15.7 Å². The maximum absolute atomic E-state index is 12.8. The molecule has 1 atom stereocenters. The van der Waals surface area contributed by atoms with Crippen LogP contribution in [0.1, 0.15) is 40.5 Å². The van der Waals surface area contributed by atoms with Gasteiger partial charge in [0.1, 0.15) is 0 Å². The molecule has 1 N–H and O–H groups in total. The van der Waals surface area contributed by atoms with Gasteiger partial charge in [-0.1, -0.05) is 34.1 Å². The summed E-state index contributed by atoms with van der Waals surface area (Å²) in [6.45, 7) is 9.75. The zero-order valence-corrected chi connectivity index (χ0v) is 14.3. The number of nitrogens with zero attached hydrogens (tertiary/aromatic N) is 2. The van der Waals surface area contributed by atoms with Gasteiger partial charge in [0.2, 0.25) is 0 Å². The highest BCUT2D eigenvalue weighted by Crippen LogP contribution is 2.23. The van der Waals surface area contributed by atoms with E-state index in [2.05, 4.69) is 24.1 Å². The minimum atomic E-state index is -3.56. The number of rotatable bonds is 9. The highest BCUT2D eigenvalue weighted by atomic mass is 32.2. The molecule has 0 saturated heterocycles. The Hall–Kier alpha value is -1.14. The van der Waals surface area contributed by atoms with Crippen LogP contribution in [0.25, 0.3) is 0 Å². The van der Waals surface area contributed by atoms with Crippen molar-refractivity contribution in [3.63, 3.8) is 0 Å². The van der Waals surface area contributed by atoms with E-state index in [1.807, 2.05) is 13.8 Å². The van der Waals surface area contributed by atoms with Crippen LogP contribution in [0.15, 0.2) is 23.4 Å². The number of sulfonamides is 1. The van der Waals surface area contributed by atoms with Gasteiger partial charge in [-0.15, -0.1) is 0 Å².